The molecule has 2 rings (SSSR count). The molecule has 1 heterocycles. The maximum atomic E-state index is 13.6. The van der Waals surface area contributed by atoms with E-state index in [0.717, 1.165) is 0 Å². The molecule has 0 amide bonds. The second-order valence-electron chi connectivity index (χ2n) is 3.57. The molecule has 0 fully saturated rings. The Labute approximate surface area is 102 Å². The summed E-state index contributed by atoms with van der Waals surface area (Å²) in [6, 6.07) is 0.868. The van der Waals surface area contributed by atoms with Gasteiger partial charge in [0.25, 0.3) is 6.36 Å². The van der Waals surface area contributed by atoms with Crippen LogP contribution in [0.15, 0.2) is 30.6 Å². The SMILES string of the molecule is FC(OC(F)(F)F)C(F)(F)n1cnc2ccccc21. The number of aromatic nitrogens is 2. The van der Waals surface area contributed by atoms with E-state index < -0.39 is 18.8 Å². The van der Waals surface area contributed by atoms with Crippen molar-refractivity contribution in [1.82, 2.24) is 9.55 Å². The van der Waals surface area contributed by atoms with Crippen molar-refractivity contribution in [3.05, 3.63) is 30.6 Å². The number of alkyl halides is 6. The van der Waals surface area contributed by atoms with Crippen molar-refractivity contribution in [2.75, 3.05) is 0 Å². The molecule has 9 heteroatoms. The van der Waals surface area contributed by atoms with E-state index in [1.54, 1.807) is 0 Å². The Bertz CT molecular complexity index is 579. The zero-order valence-electron chi connectivity index (χ0n) is 9.03. The minimum atomic E-state index is -5.50. The lowest BCUT2D eigenvalue weighted by Crippen LogP contribution is -2.38. The van der Waals surface area contributed by atoms with Gasteiger partial charge in [0.1, 0.15) is 6.33 Å². The minimum absolute atomic E-state index is 0.00125. The first-order valence-corrected chi connectivity index (χ1v) is 4.91. The zero-order valence-corrected chi connectivity index (χ0v) is 9.03. The molecule has 1 aromatic carbocycles. The Balaban J connectivity index is 2.38. The van der Waals surface area contributed by atoms with Crippen LogP contribution >= 0.6 is 0 Å². The molecule has 2 aromatic rings. The fourth-order valence-electron chi connectivity index (χ4n) is 1.49. The number of hydrogen-bond acceptors (Lipinski definition) is 2. The molecular formula is C10H6F6N2O. The zero-order chi connectivity index (χ0) is 14.3. The molecule has 3 nitrogen and oxygen atoms in total. The number of ether oxygens (including phenoxy) is 1. The Morgan fingerprint density at radius 1 is 1.11 bits per heavy atom. The van der Waals surface area contributed by atoms with Gasteiger partial charge in [-0.15, -0.1) is 13.2 Å². The molecule has 0 saturated heterocycles. The predicted molar refractivity (Wildman–Crippen MR) is 52.0 cm³/mol. The van der Waals surface area contributed by atoms with Gasteiger partial charge in [-0.2, -0.15) is 8.78 Å². The molecular weight excluding hydrogens is 278 g/mol. The normalized spacial score (nSPS) is 14.8. The molecule has 19 heavy (non-hydrogen) atoms. The third kappa shape index (κ3) is 2.65. The summed E-state index contributed by atoms with van der Waals surface area (Å²) >= 11 is 0. The first-order chi connectivity index (χ1) is 8.72. The second-order valence-corrected chi connectivity index (χ2v) is 3.57. The summed E-state index contributed by atoms with van der Waals surface area (Å²) in [6.45, 7) is 0. The van der Waals surface area contributed by atoms with E-state index in [1.165, 1.54) is 24.3 Å². The van der Waals surface area contributed by atoms with Crippen LogP contribution in [0.25, 0.3) is 11.0 Å². The van der Waals surface area contributed by atoms with Crippen LogP contribution in [0.3, 0.4) is 0 Å². The summed E-state index contributed by atoms with van der Waals surface area (Å²) in [5, 5.41) is 0. The Morgan fingerprint density at radius 3 is 2.37 bits per heavy atom. The first-order valence-electron chi connectivity index (χ1n) is 4.91. The Morgan fingerprint density at radius 2 is 1.74 bits per heavy atom. The van der Waals surface area contributed by atoms with Crippen molar-refractivity contribution < 1.29 is 31.1 Å². The van der Waals surface area contributed by atoms with Crippen LogP contribution in [0.4, 0.5) is 26.3 Å². The summed E-state index contributed by atoms with van der Waals surface area (Å²) in [5.41, 5.74) is -0.109. The fourth-order valence-corrected chi connectivity index (χ4v) is 1.49. The summed E-state index contributed by atoms with van der Waals surface area (Å²) in [6.07, 6.45) is -8.82. The molecule has 104 valence electrons. The maximum Gasteiger partial charge on any atom is 0.525 e. The number of hydrogen-bond donors (Lipinski definition) is 0. The van der Waals surface area contributed by atoms with E-state index in [-0.39, 0.29) is 15.6 Å². The summed E-state index contributed by atoms with van der Waals surface area (Å²) < 4.78 is 78.2. The topological polar surface area (TPSA) is 27.1 Å². The number of rotatable bonds is 3. The summed E-state index contributed by atoms with van der Waals surface area (Å²) in [5.74, 6) is 0. The van der Waals surface area contributed by atoms with Gasteiger partial charge in [-0.1, -0.05) is 12.1 Å². The highest BCUT2D eigenvalue weighted by Gasteiger charge is 2.50. The minimum Gasteiger partial charge on any atom is -0.266 e. The first kappa shape index (κ1) is 13.7. The number of halogens is 6. The van der Waals surface area contributed by atoms with Crippen molar-refractivity contribution in [2.45, 2.75) is 18.8 Å². The molecule has 0 N–H and O–H groups in total. The van der Waals surface area contributed by atoms with E-state index >= 15 is 0 Å². The third-order valence-electron chi connectivity index (χ3n) is 2.28. The van der Waals surface area contributed by atoms with Crippen molar-refractivity contribution >= 4 is 11.0 Å². The molecule has 0 aliphatic carbocycles. The van der Waals surface area contributed by atoms with Crippen molar-refractivity contribution in [2.24, 2.45) is 0 Å². The molecule has 0 spiro atoms. The van der Waals surface area contributed by atoms with Gasteiger partial charge in [0.15, 0.2) is 0 Å². The van der Waals surface area contributed by atoms with E-state index in [0.29, 0.717) is 6.33 Å². The average molecular weight is 284 g/mol. The molecule has 1 aromatic heterocycles. The number of nitrogens with zero attached hydrogens (tertiary/aromatic N) is 2. The van der Waals surface area contributed by atoms with Crippen LogP contribution in [0.1, 0.15) is 0 Å². The molecule has 1 unspecified atom stereocenters. The number of imidazole rings is 1. The van der Waals surface area contributed by atoms with Gasteiger partial charge < -0.3 is 0 Å². The third-order valence-corrected chi connectivity index (χ3v) is 2.28. The molecule has 0 bridgehead atoms. The summed E-state index contributed by atoms with van der Waals surface area (Å²) in [7, 11) is 0. The lowest BCUT2D eigenvalue weighted by Gasteiger charge is -2.23. The monoisotopic (exact) mass is 284 g/mol. The van der Waals surface area contributed by atoms with Gasteiger partial charge in [0, 0.05) is 0 Å². The smallest absolute Gasteiger partial charge is 0.266 e. The molecule has 0 aliphatic rings. The predicted octanol–water partition coefficient (Wildman–Crippen LogP) is 3.42. The van der Waals surface area contributed by atoms with Crippen LogP contribution in [0.2, 0.25) is 0 Å². The van der Waals surface area contributed by atoms with E-state index in [4.69, 9.17) is 0 Å². The van der Waals surface area contributed by atoms with Crippen molar-refractivity contribution in [3.63, 3.8) is 0 Å². The number of benzene rings is 1. The van der Waals surface area contributed by atoms with E-state index in [1.807, 2.05) is 0 Å². The summed E-state index contributed by atoms with van der Waals surface area (Å²) in [4.78, 5) is 3.54. The number of para-hydroxylation sites is 2. The van der Waals surface area contributed by atoms with Crippen LogP contribution in [0, 0.1) is 0 Å². The van der Waals surface area contributed by atoms with Gasteiger partial charge in [0.2, 0.25) is 0 Å². The lowest BCUT2D eigenvalue weighted by molar-refractivity contribution is -0.399. The van der Waals surface area contributed by atoms with Crippen molar-refractivity contribution in [3.8, 4) is 0 Å². The molecule has 0 radical (unpaired) electrons. The quantitative estimate of drug-likeness (QED) is 0.807. The number of fused-ring (bicyclic) bond motifs is 1. The van der Waals surface area contributed by atoms with Gasteiger partial charge in [0.05, 0.1) is 11.0 Å². The largest absolute Gasteiger partial charge is 0.525 e. The van der Waals surface area contributed by atoms with E-state index in [9.17, 15) is 26.3 Å². The lowest BCUT2D eigenvalue weighted by atomic mass is 10.3. The highest BCUT2D eigenvalue weighted by molar-refractivity contribution is 5.75. The highest BCUT2D eigenvalue weighted by atomic mass is 19.4. The van der Waals surface area contributed by atoms with Gasteiger partial charge in [-0.3, -0.25) is 4.57 Å². The standard InChI is InChI=1S/C10H6F6N2O/c11-8(19-10(14,15)16)9(12,13)18-5-17-6-3-1-2-4-7(6)18/h1-5,8H. The van der Waals surface area contributed by atoms with Gasteiger partial charge in [-0.25, -0.2) is 14.1 Å². The Kier molecular flexibility index (Phi) is 3.17. The van der Waals surface area contributed by atoms with Crippen LogP contribution in [0.5, 0.6) is 0 Å². The fraction of sp³-hybridized carbons (Fsp3) is 0.300. The van der Waals surface area contributed by atoms with Gasteiger partial charge >= 0.3 is 12.4 Å². The average Bonchev–Trinajstić information content (AvgIpc) is 2.70. The maximum absolute atomic E-state index is 13.6. The van der Waals surface area contributed by atoms with Gasteiger partial charge in [-0.05, 0) is 12.1 Å². The van der Waals surface area contributed by atoms with Crippen LogP contribution in [-0.4, -0.2) is 22.3 Å². The Hall–Kier alpha value is -1.77. The van der Waals surface area contributed by atoms with Crippen LogP contribution < -0.4 is 0 Å². The molecule has 1 atom stereocenters. The van der Waals surface area contributed by atoms with E-state index in [2.05, 4.69) is 9.72 Å². The molecule has 0 aliphatic heterocycles. The highest BCUT2D eigenvalue weighted by Crippen LogP contribution is 2.35. The van der Waals surface area contributed by atoms with Crippen LogP contribution in [-0.2, 0) is 10.8 Å². The van der Waals surface area contributed by atoms with Crippen molar-refractivity contribution in [1.29, 1.82) is 0 Å². The second kappa shape index (κ2) is 4.41. The molecule has 0 saturated carbocycles.